The molecule has 0 radical (unpaired) electrons. The third-order valence-electron chi connectivity index (χ3n) is 2.67. The van der Waals surface area contributed by atoms with Crippen molar-refractivity contribution in [1.82, 2.24) is 9.97 Å². The number of hydrogen-bond donors (Lipinski definition) is 1. The van der Waals surface area contributed by atoms with Gasteiger partial charge >= 0.3 is 0 Å². The highest BCUT2D eigenvalue weighted by Crippen LogP contribution is 2.30. The summed E-state index contributed by atoms with van der Waals surface area (Å²) in [5.74, 6) is 1.79. The van der Waals surface area contributed by atoms with Crippen LogP contribution in [-0.2, 0) is 0 Å². The maximum Gasteiger partial charge on any atom is 0.222 e. The number of aromatic nitrogens is 2. The van der Waals surface area contributed by atoms with Gasteiger partial charge in [-0.05, 0) is 26.0 Å². The number of anilines is 2. The van der Waals surface area contributed by atoms with Gasteiger partial charge in [-0.25, -0.2) is 4.98 Å². The minimum Gasteiger partial charge on any atom is -0.437 e. The van der Waals surface area contributed by atoms with Crippen molar-refractivity contribution in [2.45, 2.75) is 13.8 Å². The summed E-state index contributed by atoms with van der Waals surface area (Å²) in [6.45, 7) is 3.74. The molecule has 2 rings (SSSR count). The fraction of sp³-hybridized carbons (Fsp3) is 0.286. The second kappa shape index (κ2) is 5.14. The second-order valence-corrected chi connectivity index (χ2v) is 4.61. The molecule has 0 amide bonds. The molecule has 0 unspecified atom stereocenters. The third-order valence-corrected chi connectivity index (χ3v) is 2.67. The Kier molecular flexibility index (Phi) is 3.55. The summed E-state index contributed by atoms with van der Waals surface area (Å²) in [5, 5.41) is 0. The summed E-state index contributed by atoms with van der Waals surface area (Å²) in [4.78, 5) is 10.4. The molecular weight excluding hydrogens is 240 g/mol. The van der Waals surface area contributed by atoms with E-state index in [9.17, 15) is 0 Å². The van der Waals surface area contributed by atoms with Gasteiger partial charge in [0, 0.05) is 37.6 Å². The molecule has 0 bridgehead atoms. The smallest absolute Gasteiger partial charge is 0.222 e. The number of nitrogens with two attached hydrogens (primary N) is 1. The van der Waals surface area contributed by atoms with Gasteiger partial charge in [-0.3, -0.25) is 0 Å². The Morgan fingerprint density at radius 3 is 2.47 bits per heavy atom. The minimum absolute atomic E-state index is 0.507. The van der Waals surface area contributed by atoms with Crippen LogP contribution in [0.1, 0.15) is 11.5 Å². The highest BCUT2D eigenvalue weighted by Gasteiger charge is 2.07. The van der Waals surface area contributed by atoms with Crippen LogP contribution in [0.4, 0.5) is 11.4 Å². The first-order valence-corrected chi connectivity index (χ1v) is 6.02. The Morgan fingerprint density at radius 2 is 1.84 bits per heavy atom. The van der Waals surface area contributed by atoms with Crippen molar-refractivity contribution in [3.05, 3.63) is 35.8 Å². The molecule has 2 N–H and O–H groups in total. The Bertz CT molecular complexity index is 576. The summed E-state index contributed by atoms with van der Waals surface area (Å²) in [6.07, 6.45) is 0. The van der Waals surface area contributed by atoms with Gasteiger partial charge in [-0.2, -0.15) is 4.98 Å². The van der Waals surface area contributed by atoms with Crippen LogP contribution >= 0.6 is 0 Å². The Hall–Kier alpha value is -2.30. The Labute approximate surface area is 113 Å². The molecule has 1 aromatic heterocycles. The predicted molar refractivity (Wildman–Crippen MR) is 76.8 cm³/mol. The fourth-order valence-electron chi connectivity index (χ4n) is 1.74. The molecule has 0 saturated carbocycles. The number of aryl methyl sites for hydroxylation is 2. The largest absolute Gasteiger partial charge is 0.437 e. The van der Waals surface area contributed by atoms with Crippen molar-refractivity contribution in [2.24, 2.45) is 0 Å². The van der Waals surface area contributed by atoms with Crippen molar-refractivity contribution in [1.29, 1.82) is 0 Å². The zero-order valence-electron chi connectivity index (χ0n) is 11.6. The Balaban J connectivity index is 2.34. The van der Waals surface area contributed by atoms with Crippen molar-refractivity contribution in [3.8, 4) is 11.6 Å². The van der Waals surface area contributed by atoms with E-state index in [1.54, 1.807) is 6.07 Å². The number of nitrogen functional groups attached to an aromatic ring is 1. The lowest BCUT2D eigenvalue weighted by Gasteiger charge is -2.15. The van der Waals surface area contributed by atoms with Crippen LogP contribution in [-0.4, -0.2) is 24.1 Å². The molecule has 0 aliphatic heterocycles. The van der Waals surface area contributed by atoms with Gasteiger partial charge in [0.05, 0.1) is 5.69 Å². The maximum absolute atomic E-state index is 5.93. The lowest BCUT2D eigenvalue weighted by Crippen LogP contribution is -2.09. The molecule has 100 valence electrons. The quantitative estimate of drug-likeness (QED) is 0.857. The van der Waals surface area contributed by atoms with E-state index in [0.717, 1.165) is 11.4 Å². The van der Waals surface area contributed by atoms with Gasteiger partial charge in [-0.15, -0.1) is 0 Å². The summed E-state index contributed by atoms with van der Waals surface area (Å²) < 4.78 is 5.76. The van der Waals surface area contributed by atoms with Crippen molar-refractivity contribution < 1.29 is 4.74 Å². The molecular formula is C14H18N4O. The van der Waals surface area contributed by atoms with E-state index < -0.39 is 0 Å². The number of nitrogens with zero attached hydrogens (tertiary/aromatic N) is 3. The first kappa shape index (κ1) is 13.1. The van der Waals surface area contributed by atoms with Crippen LogP contribution < -0.4 is 15.4 Å². The molecule has 0 atom stereocenters. The highest BCUT2D eigenvalue weighted by atomic mass is 16.5. The summed E-state index contributed by atoms with van der Waals surface area (Å²) >= 11 is 0. The van der Waals surface area contributed by atoms with Gasteiger partial charge in [-0.1, -0.05) is 0 Å². The predicted octanol–water partition coefficient (Wildman–Crippen LogP) is 2.53. The first-order chi connectivity index (χ1) is 8.95. The molecule has 2 aromatic rings. The van der Waals surface area contributed by atoms with Crippen molar-refractivity contribution in [2.75, 3.05) is 24.7 Å². The zero-order valence-corrected chi connectivity index (χ0v) is 11.6. The molecule has 1 heterocycles. The van der Waals surface area contributed by atoms with E-state index in [-0.39, 0.29) is 0 Å². The van der Waals surface area contributed by atoms with Crippen LogP contribution in [0.2, 0.25) is 0 Å². The fourth-order valence-corrected chi connectivity index (χ4v) is 1.74. The van der Waals surface area contributed by atoms with Gasteiger partial charge in [0.25, 0.3) is 0 Å². The van der Waals surface area contributed by atoms with Gasteiger partial charge in [0.1, 0.15) is 5.82 Å². The van der Waals surface area contributed by atoms with E-state index >= 15 is 0 Å². The van der Waals surface area contributed by atoms with E-state index in [1.165, 1.54) is 0 Å². The van der Waals surface area contributed by atoms with Crippen LogP contribution in [0.3, 0.4) is 0 Å². The molecule has 0 aliphatic rings. The van der Waals surface area contributed by atoms with Crippen LogP contribution in [0.5, 0.6) is 11.6 Å². The lowest BCUT2D eigenvalue weighted by atomic mass is 10.2. The molecule has 1 aromatic carbocycles. The number of hydrogen-bond acceptors (Lipinski definition) is 5. The van der Waals surface area contributed by atoms with E-state index in [4.69, 9.17) is 10.5 Å². The van der Waals surface area contributed by atoms with E-state index in [2.05, 4.69) is 9.97 Å². The van der Waals surface area contributed by atoms with Crippen LogP contribution in [0.15, 0.2) is 24.3 Å². The molecule has 0 spiro atoms. The standard InChI is InChI=1S/C14H18N4O/c1-9-7-14(17-10(2)16-9)19-13-8-11(18(3)4)5-6-12(13)15/h5-8H,15H2,1-4H3. The molecule has 0 fully saturated rings. The number of benzene rings is 1. The first-order valence-electron chi connectivity index (χ1n) is 6.02. The van der Waals surface area contributed by atoms with Crippen molar-refractivity contribution >= 4 is 11.4 Å². The molecule has 0 aliphatic carbocycles. The monoisotopic (exact) mass is 258 g/mol. The van der Waals surface area contributed by atoms with Gasteiger partial charge < -0.3 is 15.4 Å². The molecule has 0 saturated heterocycles. The third kappa shape index (κ3) is 3.13. The normalized spacial score (nSPS) is 10.3. The summed E-state index contributed by atoms with van der Waals surface area (Å²) in [6, 6.07) is 7.45. The highest BCUT2D eigenvalue weighted by molar-refractivity contribution is 5.62. The maximum atomic E-state index is 5.93. The zero-order chi connectivity index (χ0) is 14.0. The van der Waals surface area contributed by atoms with Crippen LogP contribution in [0.25, 0.3) is 0 Å². The number of rotatable bonds is 3. The van der Waals surface area contributed by atoms with Gasteiger partial charge in [0.15, 0.2) is 5.75 Å². The second-order valence-electron chi connectivity index (χ2n) is 4.61. The Morgan fingerprint density at radius 1 is 1.11 bits per heavy atom. The van der Waals surface area contributed by atoms with Crippen LogP contribution in [0, 0.1) is 13.8 Å². The topological polar surface area (TPSA) is 64.3 Å². The molecule has 5 nitrogen and oxygen atoms in total. The minimum atomic E-state index is 0.507. The number of ether oxygens (including phenoxy) is 1. The average molecular weight is 258 g/mol. The lowest BCUT2D eigenvalue weighted by molar-refractivity contribution is 0.461. The average Bonchev–Trinajstić information content (AvgIpc) is 2.30. The summed E-state index contributed by atoms with van der Waals surface area (Å²) in [7, 11) is 3.93. The van der Waals surface area contributed by atoms with Gasteiger partial charge in [0.2, 0.25) is 5.88 Å². The van der Waals surface area contributed by atoms with Crippen molar-refractivity contribution in [3.63, 3.8) is 0 Å². The SMILES string of the molecule is Cc1cc(Oc2cc(N(C)C)ccc2N)nc(C)n1. The molecule has 19 heavy (non-hydrogen) atoms. The summed E-state index contributed by atoms with van der Waals surface area (Å²) in [5.41, 5.74) is 8.40. The molecule has 5 heteroatoms. The van der Waals surface area contributed by atoms with E-state index in [1.807, 2.05) is 51.0 Å². The van der Waals surface area contributed by atoms with E-state index in [0.29, 0.717) is 23.1 Å².